The van der Waals surface area contributed by atoms with E-state index in [9.17, 15) is 0 Å². The summed E-state index contributed by atoms with van der Waals surface area (Å²) < 4.78 is 7.37. The van der Waals surface area contributed by atoms with Crippen molar-refractivity contribution in [3.05, 3.63) is 35.3 Å². The molecule has 2 N–H and O–H groups in total. The van der Waals surface area contributed by atoms with Gasteiger partial charge >= 0.3 is 0 Å². The van der Waals surface area contributed by atoms with E-state index in [4.69, 9.17) is 10.2 Å². The molecule has 4 rings (SSSR count). The number of anilines is 2. The van der Waals surface area contributed by atoms with Gasteiger partial charge in [-0.25, -0.2) is 14.6 Å². The summed E-state index contributed by atoms with van der Waals surface area (Å²) in [5.41, 5.74) is 10.5. The first-order valence-electron chi connectivity index (χ1n) is 7.97. The summed E-state index contributed by atoms with van der Waals surface area (Å²) in [6.07, 6.45) is 1.42. The molecule has 130 valence electrons. The molecular weight excluding hydrogens is 330 g/mol. The molecule has 3 heterocycles. The molecule has 0 bridgehead atoms. The largest absolute Gasteiger partial charge is 0.423 e. The normalized spacial score (nSPS) is 10.9. The van der Waals surface area contributed by atoms with Gasteiger partial charge in [0.25, 0.3) is 6.01 Å². The fourth-order valence-corrected chi connectivity index (χ4v) is 2.71. The van der Waals surface area contributed by atoms with E-state index in [0.717, 1.165) is 22.2 Å². The average Bonchev–Trinajstić information content (AvgIpc) is 3.15. The molecule has 0 atom stereocenters. The van der Waals surface area contributed by atoms with Crippen molar-refractivity contribution in [2.45, 2.75) is 6.92 Å². The van der Waals surface area contributed by atoms with Crippen LogP contribution in [-0.4, -0.2) is 38.8 Å². The predicted molar refractivity (Wildman–Crippen MR) is 99.8 cm³/mol. The van der Waals surface area contributed by atoms with Crippen molar-refractivity contribution in [2.24, 2.45) is 7.05 Å². The number of nitrogens with zero attached hydrogens (tertiary/aromatic N) is 6. The fourth-order valence-electron chi connectivity index (χ4n) is 2.71. The van der Waals surface area contributed by atoms with Gasteiger partial charge in [-0.1, -0.05) is 5.92 Å². The van der Waals surface area contributed by atoms with Crippen molar-refractivity contribution >= 4 is 34.0 Å². The Labute approximate surface area is 149 Å². The molecule has 8 nitrogen and oxygen atoms in total. The molecule has 0 unspecified atom stereocenters. The van der Waals surface area contributed by atoms with Crippen molar-refractivity contribution < 1.29 is 4.42 Å². The zero-order valence-electron chi connectivity index (χ0n) is 14.9. The van der Waals surface area contributed by atoms with Crippen LogP contribution in [0.1, 0.15) is 16.8 Å². The lowest BCUT2D eigenvalue weighted by molar-refractivity contribution is 0.596. The molecule has 0 radical (unpaired) electrons. The molecule has 0 aliphatic heterocycles. The summed E-state index contributed by atoms with van der Waals surface area (Å²) >= 11 is 0. The molecule has 3 aromatic heterocycles. The minimum Gasteiger partial charge on any atom is -0.423 e. The third kappa shape index (κ3) is 2.50. The summed E-state index contributed by atoms with van der Waals surface area (Å²) in [6, 6.07) is 4.41. The minimum atomic E-state index is 0.367. The zero-order valence-corrected chi connectivity index (χ0v) is 14.9. The first kappa shape index (κ1) is 15.9. The first-order valence-corrected chi connectivity index (χ1v) is 7.97. The third-order valence-electron chi connectivity index (χ3n) is 4.07. The van der Waals surface area contributed by atoms with Crippen LogP contribution in [0.15, 0.2) is 22.9 Å². The maximum atomic E-state index is 5.98. The predicted octanol–water partition coefficient (Wildman–Crippen LogP) is 1.86. The molecule has 0 saturated heterocycles. The van der Waals surface area contributed by atoms with Gasteiger partial charge in [0.05, 0.1) is 5.39 Å². The zero-order chi connectivity index (χ0) is 18.4. The Morgan fingerprint density at radius 3 is 2.77 bits per heavy atom. The van der Waals surface area contributed by atoms with Crippen LogP contribution in [0.5, 0.6) is 0 Å². The van der Waals surface area contributed by atoms with E-state index in [-0.39, 0.29) is 0 Å². The van der Waals surface area contributed by atoms with Crippen LogP contribution in [0, 0.1) is 18.8 Å². The van der Waals surface area contributed by atoms with E-state index in [1.165, 1.54) is 6.33 Å². The Hall–Kier alpha value is -3.60. The van der Waals surface area contributed by atoms with Crippen molar-refractivity contribution in [1.29, 1.82) is 0 Å². The summed E-state index contributed by atoms with van der Waals surface area (Å²) in [5.74, 6) is 6.62. The van der Waals surface area contributed by atoms with Crippen LogP contribution in [0.3, 0.4) is 0 Å². The van der Waals surface area contributed by atoms with Crippen LogP contribution in [0.25, 0.3) is 22.1 Å². The van der Waals surface area contributed by atoms with Gasteiger partial charge < -0.3 is 15.1 Å². The number of benzene rings is 1. The highest BCUT2D eigenvalue weighted by molar-refractivity contribution is 5.90. The highest BCUT2D eigenvalue weighted by Crippen LogP contribution is 2.24. The number of hydrogen-bond acceptors (Lipinski definition) is 7. The van der Waals surface area contributed by atoms with Crippen molar-refractivity contribution in [3.63, 3.8) is 0 Å². The van der Waals surface area contributed by atoms with Crippen LogP contribution < -0.4 is 10.6 Å². The van der Waals surface area contributed by atoms with Crippen LogP contribution in [0.4, 0.5) is 11.8 Å². The Kier molecular flexibility index (Phi) is 3.51. The van der Waals surface area contributed by atoms with Crippen LogP contribution in [-0.2, 0) is 7.05 Å². The van der Waals surface area contributed by atoms with E-state index < -0.39 is 0 Å². The quantitative estimate of drug-likeness (QED) is 0.525. The topological polar surface area (TPSA) is 98.9 Å². The van der Waals surface area contributed by atoms with Gasteiger partial charge in [0.1, 0.15) is 23.4 Å². The van der Waals surface area contributed by atoms with Gasteiger partial charge in [0, 0.05) is 26.7 Å². The fraction of sp³-hybridized carbons (Fsp3) is 0.222. The number of nitrogen functional groups attached to an aromatic ring is 1. The molecule has 0 amide bonds. The summed E-state index contributed by atoms with van der Waals surface area (Å²) in [6.45, 7) is 1.98. The second kappa shape index (κ2) is 5.74. The van der Waals surface area contributed by atoms with Crippen molar-refractivity contribution in [2.75, 3.05) is 24.7 Å². The number of oxazole rings is 1. The highest BCUT2D eigenvalue weighted by atomic mass is 16.4. The van der Waals surface area contributed by atoms with Gasteiger partial charge in [-0.15, -0.1) is 0 Å². The third-order valence-corrected chi connectivity index (χ3v) is 4.07. The number of aryl methyl sites for hydroxylation is 2. The molecule has 4 aromatic rings. The molecule has 26 heavy (non-hydrogen) atoms. The van der Waals surface area contributed by atoms with E-state index >= 15 is 0 Å². The average molecular weight is 347 g/mol. The second-order valence-electron chi connectivity index (χ2n) is 6.21. The second-order valence-corrected chi connectivity index (χ2v) is 6.21. The van der Waals surface area contributed by atoms with Crippen LogP contribution in [0.2, 0.25) is 0 Å². The summed E-state index contributed by atoms with van der Waals surface area (Å²) in [7, 11) is 5.57. The maximum Gasteiger partial charge on any atom is 0.297 e. The van der Waals surface area contributed by atoms with Crippen molar-refractivity contribution in [3.8, 4) is 11.8 Å². The van der Waals surface area contributed by atoms with E-state index in [1.54, 1.807) is 11.7 Å². The molecule has 0 aliphatic carbocycles. The Bertz CT molecular complexity index is 1210. The highest BCUT2D eigenvalue weighted by Gasteiger charge is 2.12. The molecular formula is C18H17N7O. The smallest absolute Gasteiger partial charge is 0.297 e. The lowest BCUT2D eigenvalue weighted by atomic mass is 10.1. The molecule has 0 fully saturated rings. The molecule has 0 aliphatic rings. The van der Waals surface area contributed by atoms with Gasteiger partial charge in [-0.05, 0) is 30.5 Å². The number of nitrogens with two attached hydrogens (primary N) is 1. The molecule has 0 spiro atoms. The van der Waals surface area contributed by atoms with E-state index in [1.807, 2.05) is 38.1 Å². The first-order chi connectivity index (χ1) is 12.4. The Morgan fingerprint density at radius 2 is 2.00 bits per heavy atom. The SMILES string of the molecule is Cc1cc2oc(N(C)C)nc2cc1C#Cc1nn(C)c2ncnc(N)c12. The summed E-state index contributed by atoms with van der Waals surface area (Å²) in [5, 5.41) is 5.07. The number of fused-ring (bicyclic) bond motifs is 2. The Balaban J connectivity index is 1.83. The monoisotopic (exact) mass is 347 g/mol. The molecule has 0 saturated carbocycles. The number of aromatic nitrogens is 5. The number of hydrogen-bond donors (Lipinski definition) is 1. The van der Waals surface area contributed by atoms with E-state index in [0.29, 0.717) is 28.6 Å². The molecule has 8 heteroatoms. The maximum absolute atomic E-state index is 5.98. The number of rotatable bonds is 1. The van der Waals surface area contributed by atoms with Gasteiger partial charge in [-0.2, -0.15) is 10.1 Å². The lowest BCUT2D eigenvalue weighted by Crippen LogP contribution is -2.08. The summed E-state index contributed by atoms with van der Waals surface area (Å²) in [4.78, 5) is 14.5. The van der Waals surface area contributed by atoms with E-state index in [2.05, 4.69) is 31.9 Å². The van der Waals surface area contributed by atoms with Gasteiger partial charge in [-0.3, -0.25) is 0 Å². The van der Waals surface area contributed by atoms with Crippen molar-refractivity contribution in [1.82, 2.24) is 24.7 Å². The Morgan fingerprint density at radius 1 is 1.19 bits per heavy atom. The lowest BCUT2D eigenvalue weighted by Gasteiger charge is -2.03. The van der Waals surface area contributed by atoms with Crippen LogP contribution >= 0.6 is 0 Å². The molecule has 1 aromatic carbocycles. The van der Waals surface area contributed by atoms with Gasteiger partial charge in [0.15, 0.2) is 11.2 Å². The minimum absolute atomic E-state index is 0.367. The standard InChI is InChI=1S/C18H17N7O/c1-10-7-14-13(22-18(26-14)24(2)3)8-11(10)5-6-12-15-16(19)20-9-21-17(15)25(4)23-12/h7-9H,1-4H3,(H2,19,20,21). The van der Waals surface area contributed by atoms with Gasteiger partial charge in [0.2, 0.25) is 0 Å².